The van der Waals surface area contributed by atoms with Gasteiger partial charge in [-0.2, -0.15) is 4.98 Å². The zero-order valence-corrected chi connectivity index (χ0v) is 13.6. The number of hydrogen-bond acceptors (Lipinski definition) is 4. The van der Waals surface area contributed by atoms with Gasteiger partial charge in [-0.05, 0) is 26.2 Å². The predicted molar refractivity (Wildman–Crippen MR) is 87.1 cm³/mol. The summed E-state index contributed by atoms with van der Waals surface area (Å²) in [5, 5.41) is 0. The van der Waals surface area contributed by atoms with E-state index in [2.05, 4.69) is 16.8 Å². The molecule has 1 aliphatic rings. The highest BCUT2D eigenvalue weighted by molar-refractivity contribution is 5.36. The van der Waals surface area contributed by atoms with Gasteiger partial charge in [0.05, 0.1) is 6.61 Å². The number of rotatable bonds is 10. The second kappa shape index (κ2) is 8.85. The van der Waals surface area contributed by atoms with Crippen LogP contribution in [0, 0.1) is 0 Å². The SMILES string of the molecule is CCCCCCCCc1cc(OCC)nc(N2CCC2)n1. The summed E-state index contributed by atoms with van der Waals surface area (Å²) in [6.45, 7) is 7.07. The maximum absolute atomic E-state index is 5.59. The fraction of sp³-hybridized carbons (Fsp3) is 0.765. The Morgan fingerprint density at radius 2 is 1.81 bits per heavy atom. The average molecular weight is 291 g/mol. The van der Waals surface area contributed by atoms with Crippen molar-refractivity contribution in [3.63, 3.8) is 0 Å². The number of aryl methyl sites for hydroxylation is 1. The maximum atomic E-state index is 5.59. The third-order valence-corrected chi connectivity index (χ3v) is 3.96. The van der Waals surface area contributed by atoms with Crippen molar-refractivity contribution in [2.24, 2.45) is 0 Å². The van der Waals surface area contributed by atoms with Crippen molar-refractivity contribution in [3.05, 3.63) is 11.8 Å². The third-order valence-electron chi connectivity index (χ3n) is 3.96. The van der Waals surface area contributed by atoms with Gasteiger partial charge >= 0.3 is 0 Å². The lowest BCUT2D eigenvalue weighted by atomic mass is 10.1. The molecule has 1 aliphatic heterocycles. The van der Waals surface area contributed by atoms with Crippen molar-refractivity contribution >= 4 is 5.95 Å². The van der Waals surface area contributed by atoms with Crippen LogP contribution in [0.3, 0.4) is 0 Å². The standard InChI is InChI=1S/C17H29N3O/c1-3-5-6-7-8-9-11-15-14-16(21-4-2)19-17(18-15)20-12-10-13-20/h14H,3-13H2,1-2H3. The van der Waals surface area contributed by atoms with Gasteiger partial charge in [0.2, 0.25) is 11.8 Å². The van der Waals surface area contributed by atoms with E-state index in [-0.39, 0.29) is 0 Å². The highest BCUT2D eigenvalue weighted by Gasteiger charge is 2.18. The van der Waals surface area contributed by atoms with Gasteiger partial charge in [-0.15, -0.1) is 0 Å². The summed E-state index contributed by atoms with van der Waals surface area (Å²) >= 11 is 0. The molecule has 1 fully saturated rings. The summed E-state index contributed by atoms with van der Waals surface area (Å²) in [4.78, 5) is 11.4. The van der Waals surface area contributed by atoms with E-state index >= 15 is 0 Å². The number of hydrogen-bond donors (Lipinski definition) is 0. The van der Waals surface area contributed by atoms with Gasteiger partial charge in [0, 0.05) is 24.8 Å². The number of ether oxygens (including phenoxy) is 1. The van der Waals surface area contributed by atoms with Gasteiger partial charge in [-0.25, -0.2) is 4.98 Å². The lowest BCUT2D eigenvalue weighted by Crippen LogP contribution is -2.38. The van der Waals surface area contributed by atoms with Crippen LogP contribution < -0.4 is 9.64 Å². The van der Waals surface area contributed by atoms with Gasteiger partial charge in [0.25, 0.3) is 0 Å². The summed E-state index contributed by atoms with van der Waals surface area (Å²) in [6.07, 6.45) is 10.2. The molecule has 0 saturated carbocycles. The van der Waals surface area contributed by atoms with Crippen LogP contribution in [-0.2, 0) is 6.42 Å². The lowest BCUT2D eigenvalue weighted by Gasteiger charge is -2.31. The molecule has 0 spiro atoms. The Hall–Kier alpha value is -1.32. The van der Waals surface area contributed by atoms with E-state index in [1.54, 1.807) is 0 Å². The molecule has 1 aromatic rings. The highest BCUT2D eigenvalue weighted by Crippen LogP contribution is 2.21. The molecule has 0 aliphatic carbocycles. The van der Waals surface area contributed by atoms with E-state index in [0.717, 1.165) is 37.0 Å². The third kappa shape index (κ3) is 5.18. The maximum Gasteiger partial charge on any atom is 0.228 e. The number of anilines is 1. The first kappa shape index (κ1) is 16.1. The van der Waals surface area contributed by atoms with E-state index in [4.69, 9.17) is 9.72 Å². The number of nitrogens with zero attached hydrogens (tertiary/aromatic N) is 3. The van der Waals surface area contributed by atoms with Crippen LogP contribution in [-0.4, -0.2) is 29.7 Å². The monoisotopic (exact) mass is 291 g/mol. The number of unbranched alkanes of at least 4 members (excludes halogenated alkanes) is 5. The van der Waals surface area contributed by atoms with Crippen LogP contribution >= 0.6 is 0 Å². The smallest absolute Gasteiger partial charge is 0.228 e. The zero-order chi connectivity index (χ0) is 14.9. The molecule has 0 bridgehead atoms. The Morgan fingerprint density at radius 1 is 1.05 bits per heavy atom. The van der Waals surface area contributed by atoms with Crippen molar-refractivity contribution < 1.29 is 4.74 Å². The second-order valence-corrected chi connectivity index (χ2v) is 5.79. The van der Waals surface area contributed by atoms with Crippen LogP contribution in [0.4, 0.5) is 5.95 Å². The average Bonchev–Trinajstić information content (AvgIpc) is 2.41. The second-order valence-electron chi connectivity index (χ2n) is 5.79. The minimum Gasteiger partial charge on any atom is -0.478 e. The zero-order valence-electron chi connectivity index (χ0n) is 13.6. The molecule has 0 radical (unpaired) electrons. The molecule has 0 atom stereocenters. The summed E-state index contributed by atoms with van der Waals surface area (Å²) < 4.78 is 5.59. The molecule has 0 unspecified atom stereocenters. The van der Waals surface area contributed by atoms with Crippen LogP contribution in [0.1, 0.15) is 64.5 Å². The van der Waals surface area contributed by atoms with E-state index in [1.807, 2.05) is 13.0 Å². The molecule has 2 rings (SSSR count). The highest BCUT2D eigenvalue weighted by atomic mass is 16.5. The van der Waals surface area contributed by atoms with Crippen molar-refractivity contribution in [3.8, 4) is 5.88 Å². The molecule has 0 aromatic carbocycles. The Morgan fingerprint density at radius 3 is 2.48 bits per heavy atom. The van der Waals surface area contributed by atoms with Crippen LogP contribution in [0.15, 0.2) is 6.07 Å². The normalized spacial score (nSPS) is 14.1. The predicted octanol–water partition coefficient (Wildman–Crippen LogP) is 3.99. The Kier molecular flexibility index (Phi) is 6.77. The van der Waals surface area contributed by atoms with Crippen LogP contribution in [0.25, 0.3) is 0 Å². The molecular weight excluding hydrogens is 262 g/mol. The fourth-order valence-corrected chi connectivity index (χ4v) is 2.55. The topological polar surface area (TPSA) is 38.2 Å². The lowest BCUT2D eigenvalue weighted by molar-refractivity contribution is 0.325. The van der Waals surface area contributed by atoms with Gasteiger partial charge in [0.1, 0.15) is 0 Å². The summed E-state index contributed by atoms with van der Waals surface area (Å²) in [7, 11) is 0. The molecule has 4 heteroatoms. The molecule has 4 nitrogen and oxygen atoms in total. The number of aromatic nitrogens is 2. The van der Waals surface area contributed by atoms with Gasteiger partial charge in [-0.3, -0.25) is 0 Å². The summed E-state index contributed by atoms with van der Waals surface area (Å²) in [6, 6.07) is 2.01. The van der Waals surface area contributed by atoms with Crippen molar-refractivity contribution in [2.45, 2.75) is 65.2 Å². The van der Waals surface area contributed by atoms with Crippen molar-refractivity contribution in [1.29, 1.82) is 0 Å². The van der Waals surface area contributed by atoms with Gasteiger partial charge in [0.15, 0.2) is 0 Å². The molecule has 0 N–H and O–H groups in total. The summed E-state index contributed by atoms with van der Waals surface area (Å²) in [5.41, 5.74) is 1.13. The molecule has 21 heavy (non-hydrogen) atoms. The molecule has 1 saturated heterocycles. The van der Waals surface area contributed by atoms with E-state index in [0.29, 0.717) is 6.61 Å². The van der Waals surface area contributed by atoms with Crippen molar-refractivity contribution in [1.82, 2.24) is 9.97 Å². The minimum atomic E-state index is 0.660. The Labute approximate surface area is 128 Å². The van der Waals surface area contributed by atoms with Gasteiger partial charge < -0.3 is 9.64 Å². The molecule has 1 aromatic heterocycles. The minimum absolute atomic E-state index is 0.660. The van der Waals surface area contributed by atoms with Gasteiger partial charge in [-0.1, -0.05) is 39.0 Å². The quantitative estimate of drug-likeness (QED) is 0.611. The first-order chi connectivity index (χ1) is 10.3. The first-order valence-electron chi connectivity index (χ1n) is 8.59. The molecule has 118 valence electrons. The fourth-order valence-electron chi connectivity index (χ4n) is 2.55. The molecule has 2 heterocycles. The van der Waals surface area contributed by atoms with E-state index < -0.39 is 0 Å². The van der Waals surface area contributed by atoms with E-state index in [9.17, 15) is 0 Å². The Bertz CT molecular complexity index is 418. The molecule has 0 amide bonds. The first-order valence-corrected chi connectivity index (χ1v) is 8.59. The van der Waals surface area contributed by atoms with Crippen LogP contribution in [0.2, 0.25) is 0 Å². The summed E-state index contributed by atoms with van der Waals surface area (Å²) in [5.74, 6) is 1.59. The Balaban J connectivity index is 1.86. The van der Waals surface area contributed by atoms with E-state index in [1.165, 1.54) is 44.9 Å². The van der Waals surface area contributed by atoms with Crippen LogP contribution in [0.5, 0.6) is 5.88 Å². The molecular formula is C17H29N3O. The largest absolute Gasteiger partial charge is 0.478 e. The van der Waals surface area contributed by atoms with Crippen molar-refractivity contribution in [2.75, 3.05) is 24.6 Å².